The Labute approximate surface area is 129 Å². The van der Waals surface area contributed by atoms with Crippen LogP contribution in [0.2, 0.25) is 5.02 Å². The number of pyridine rings is 1. The lowest BCUT2D eigenvalue weighted by atomic mass is 10.1. The molecule has 2 aromatic rings. The number of nitrogens with one attached hydrogen (secondary N) is 1. The smallest absolute Gasteiger partial charge is 0.238 e. The number of sulfonamides is 1. The van der Waals surface area contributed by atoms with Crippen molar-refractivity contribution in [2.45, 2.75) is 24.4 Å². The molecule has 0 aliphatic heterocycles. The minimum atomic E-state index is -3.69. The number of rotatable bonds is 5. The summed E-state index contributed by atoms with van der Waals surface area (Å²) in [6.45, 7) is 2.50. The summed E-state index contributed by atoms with van der Waals surface area (Å²) in [4.78, 5) is 4.04. The molecular formula is C14H16ClN3O2S. The maximum atomic E-state index is 11.4. The molecule has 2 rings (SSSR count). The van der Waals surface area contributed by atoms with Crippen LogP contribution in [-0.4, -0.2) is 13.4 Å². The molecule has 1 heterocycles. The molecule has 1 atom stereocenters. The van der Waals surface area contributed by atoms with Gasteiger partial charge in [0.15, 0.2) is 0 Å². The highest BCUT2D eigenvalue weighted by Crippen LogP contribution is 2.19. The summed E-state index contributed by atoms with van der Waals surface area (Å²) in [7, 11) is -3.69. The first-order chi connectivity index (χ1) is 9.88. The average molecular weight is 326 g/mol. The Kier molecular flexibility index (Phi) is 4.95. The van der Waals surface area contributed by atoms with Crippen molar-refractivity contribution in [1.82, 2.24) is 10.3 Å². The zero-order chi connectivity index (χ0) is 15.5. The third-order valence-electron chi connectivity index (χ3n) is 3.14. The second-order valence-corrected chi connectivity index (χ2v) is 6.66. The van der Waals surface area contributed by atoms with E-state index < -0.39 is 10.0 Å². The number of nitrogens with two attached hydrogens (primary N) is 1. The van der Waals surface area contributed by atoms with Crippen LogP contribution >= 0.6 is 11.6 Å². The molecule has 0 bridgehead atoms. The maximum Gasteiger partial charge on any atom is 0.238 e. The van der Waals surface area contributed by atoms with E-state index >= 15 is 0 Å². The summed E-state index contributed by atoms with van der Waals surface area (Å²) in [5, 5.41) is 9.02. The van der Waals surface area contributed by atoms with Crippen molar-refractivity contribution >= 4 is 21.6 Å². The highest BCUT2D eigenvalue weighted by Gasteiger charge is 2.11. The van der Waals surface area contributed by atoms with Crippen LogP contribution in [0, 0.1) is 0 Å². The molecular weight excluding hydrogens is 310 g/mol. The third-order valence-corrected chi connectivity index (χ3v) is 4.39. The standard InChI is InChI=1S/C14H16ClN3O2S/c1-10(18-8-12-5-6-17-9-14(12)15)11-3-2-4-13(7-11)21(16,19)20/h2-7,9-10,18H,8H2,1H3,(H2,16,19,20)/t10-/m0/s1. The molecule has 0 fully saturated rings. The van der Waals surface area contributed by atoms with E-state index in [0.29, 0.717) is 11.6 Å². The number of hydrogen-bond donors (Lipinski definition) is 2. The Bertz CT molecular complexity index is 735. The molecule has 0 amide bonds. The fraction of sp³-hybridized carbons (Fsp3) is 0.214. The minimum Gasteiger partial charge on any atom is -0.306 e. The van der Waals surface area contributed by atoms with Crippen LogP contribution in [0.15, 0.2) is 47.6 Å². The number of primary sulfonamides is 1. The van der Waals surface area contributed by atoms with Crippen molar-refractivity contribution in [2.75, 3.05) is 0 Å². The highest BCUT2D eigenvalue weighted by molar-refractivity contribution is 7.89. The van der Waals surface area contributed by atoms with E-state index in [4.69, 9.17) is 16.7 Å². The van der Waals surface area contributed by atoms with E-state index in [1.807, 2.05) is 19.1 Å². The van der Waals surface area contributed by atoms with Gasteiger partial charge >= 0.3 is 0 Å². The first kappa shape index (κ1) is 15.9. The fourth-order valence-corrected chi connectivity index (χ4v) is 2.64. The number of aromatic nitrogens is 1. The summed E-state index contributed by atoms with van der Waals surface area (Å²) in [5.74, 6) is 0. The van der Waals surface area contributed by atoms with Gasteiger partial charge < -0.3 is 5.32 Å². The number of nitrogens with zero attached hydrogens (tertiary/aromatic N) is 1. The van der Waals surface area contributed by atoms with Gasteiger partial charge in [-0.2, -0.15) is 0 Å². The molecule has 0 aliphatic carbocycles. The molecule has 5 nitrogen and oxygen atoms in total. The van der Waals surface area contributed by atoms with Crippen LogP contribution in [0.3, 0.4) is 0 Å². The van der Waals surface area contributed by atoms with Gasteiger partial charge in [-0.25, -0.2) is 13.6 Å². The molecule has 0 saturated heterocycles. The van der Waals surface area contributed by atoms with E-state index in [-0.39, 0.29) is 10.9 Å². The largest absolute Gasteiger partial charge is 0.306 e. The van der Waals surface area contributed by atoms with E-state index in [9.17, 15) is 8.42 Å². The van der Waals surface area contributed by atoms with E-state index in [1.54, 1.807) is 24.5 Å². The van der Waals surface area contributed by atoms with Crippen molar-refractivity contribution in [3.8, 4) is 0 Å². The normalized spacial score (nSPS) is 13.1. The molecule has 7 heteroatoms. The van der Waals surface area contributed by atoms with Crippen LogP contribution in [0.25, 0.3) is 0 Å². The number of halogens is 1. The summed E-state index contributed by atoms with van der Waals surface area (Å²) < 4.78 is 22.7. The van der Waals surface area contributed by atoms with Crippen LogP contribution in [0.5, 0.6) is 0 Å². The van der Waals surface area contributed by atoms with Gasteiger partial charge in [0.1, 0.15) is 0 Å². The lowest BCUT2D eigenvalue weighted by Gasteiger charge is -2.15. The van der Waals surface area contributed by atoms with Crippen molar-refractivity contribution in [2.24, 2.45) is 5.14 Å². The molecule has 0 unspecified atom stereocenters. The second kappa shape index (κ2) is 6.53. The molecule has 21 heavy (non-hydrogen) atoms. The lowest BCUT2D eigenvalue weighted by Crippen LogP contribution is -2.19. The summed E-state index contributed by atoms with van der Waals surface area (Å²) in [5.41, 5.74) is 1.77. The minimum absolute atomic E-state index is 0.0454. The van der Waals surface area contributed by atoms with Gasteiger partial charge in [0.25, 0.3) is 0 Å². The Morgan fingerprint density at radius 1 is 1.38 bits per heavy atom. The first-order valence-electron chi connectivity index (χ1n) is 6.32. The molecule has 0 radical (unpaired) electrons. The quantitative estimate of drug-likeness (QED) is 0.882. The van der Waals surface area contributed by atoms with E-state index in [0.717, 1.165) is 11.1 Å². The van der Waals surface area contributed by atoms with Crippen molar-refractivity contribution in [3.05, 3.63) is 58.9 Å². The van der Waals surface area contributed by atoms with Crippen molar-refractivity contribution < 1.29 is 8.42 Å². The Balaban J connectivity index is 2.11. The molecule has 1 aromatic heterocycles. The van der Waals surface area contributed by atoms with Gasteiger partial charge in [-0.15, -0.1) is 0 Å². The van der Waals surface area contributed by atoms with Crippen LogP contribution in [0.4, 0.5) is 0 Å². The number of benzene rings is 1. The predicted molar refractivity (Wildman–Crippen MR) is 82.3 cm³/mol. The van der Waals surface area contributed by atoms with Gasteiger partial charge in [-0.3, -0.25) is 4.98 Å². The van der Waals surface area contributed by atoms with Crippen molar-refractivity contribution in [3.63, 3.8) is 0 Å². The molecule has 1 aromatic carbocycles. The van der Waals surface area contributed by atoms with Crippen LogP contribution in [0.1, 0.15) is 24.1 Å². The molecule has 0 saturated carbocycles. The fourth-order valence-electron chi connectivity index (χ4n) is 1.89. The topological polar surface area (TPSA) is 85.1 Å². The summed E-state index contributed by atoms with van der Waals surface area (Å²) >= 11 is 6.04. The zero-order valence-electron chi connectivity index (χ0n) is 11.5. The predicted octanol–water partition coefficient (Wildman–Crippen LogP) is 2.23. The van der Waals surface area contributed by atoms with Crippen LogP contribution < -0.4 is 10.5 Å². The van der Waals surface area contributed by atoms with Crippen LogP contribution in [-0.2, 0) is 16.6 Å². The van der Waals surface area contributed by atoms with Gasteiger partial charge in [0.2, 0.25) is 10.0 Å². The Morgan fingerprint density at radius 3 is 2.81 bits per heavy atom. The second-order valence-electron chi connectivity index (χ2n) is 4.69. The van der Waals surface area contributed by atoms with Gasteiger partial charge in [0.05, 0.1) is 9.92 Å². The molecule has 0 aliphatic rings. The summed E-state index contributed by atoms with van der Waals surface area (Å²) in [6.07, 6.45) is 3.26. The Morgan fingerprint density at radius 2 is 2.14 bits per heavy atom. The third kappa shape index (κ3) is 4.25. The average Bonchev–Trinajstić information content (AvgIpc) is 2.45. The van der Waals surface area contributed by atoms with Gasteiger partial charge in [-0.1, -0.05) is 23.7 Å². The van der Waals surface area contributed by atoms with Gasteiger partial charge in [0, 0.05) is 25.0 Å². The lowest BCUT2D eigenvalue weighted by molar-refractivity contribution is 0.572. The highest BCUT2D eigenvalue weighted by atomic mass is 35.5. The molecule has 112 valence electrons. The monoisotopic (exact) mass is 325 g/mol. The van der Waals surface area contributed by atoms with E-state index in [1.165, 1.54) is 6.07 Å². The zero-order valence-corrected chi connectivity index (χ0v) is 13.0. The molecule has 0 spiro atoms. The van der Waals surface area contributed by atoms with E-state index in [2.05, 4.69) is 10.3 Å². The Hall–Kier alpha value is -1.47. The SMILES string of the molecule is C[C@H](NCc1ccncc1Cl)c1cccc(S(N)(=O)=O)c1. The first-order valence-corrected chi connectivity index (χ1v) is 8.25. The maximum absolute atomic E-state index is 11.4. The number of hydrogen-bond acceptors (Lipinski definition) is 4. The molecule has 3 N–H and O–H groups in total. The van der Waals surface area contributed by atoms with Gasteiger partial charge in [-0.05, 0) is 36.2 Å². The van der Waals surface area contributed by atoms with Crippen molar-refractivity contribution in [1.29, 1.82) is 0 Å². The summed E-state index contributed by atoms with van der Waals surface area (Å²) in [6, 6.07) is 8.36.